The van der Waals surface area contributed by atoms with Gasteiger partial charge in [0.15, 0.2) is 0 Å². The summed E-state index contributed by atoms with van der Waals surface area (Å²) in [5.41, 5.74) is -0.0800. The van der Waals surface area contributed by atoms with Gasteiger partial charge in [-0.2, -0.15) is 0 Å². The van der Waals surface area contributed by atoms with Crippen LogP contribution in [-0.2, 0) is 0 Å². The lowest BCUT2D eigenvalue weighted by atomic mass is 9.99. The van der Waals surface area contributed by atoms with Crippen molar-refractivity contribution in [2.45, 2.75) is 46.2 Å². The minimum Gasteiger partial charge on any atom is -0.394 e. The number of piperazine rings is 1. The number of hydrogen-bond donors (Lipinski definition) is 1. The van der Waals surface area contributed by atoms with Gasteiger partial charge < -0.3 is 10.0 Å². The van der Waals surface area contributed by atoms with E-state index in [1.165, 1.54) is 6.54 Å². The molecule has 16 heavy (non-hydrogen) atoms. The molecule has 0 radical (unpaired) electrons. The van der Waals surface area contributed by atoms with Crippen molar-refractivity contribution in [1.82, 2.24) is 9.80 Å². The zero-order valence-corrected chi connectivity index (χ0v) is 11.5. The molecule has 96 valence electrons. The number of aliphatic hydroxyl groups excluding tert-OH is 1. The van der Waals surface area contributed by atoms with Gasteiger partial charge in [-0.25, -0.2) is 0 Å². The van der Waals surface area contributed by atoms with Crippen molar-refractivity contribution < 1.29 is 5.11 Å². The molecule has 3 heteroatoms. The van der Waals surface area contributed by atoms with Crippen LogP contribution < -0.4 is 0 Å². The predicted octanol–water partition coefficient (Wildman–Crippen LogP) is 1.42. The molecular weight excluding hydrogens is 200 g/mol. The molecule has 1 saturated heterocycles. The minimum absolute atomic E-state index is 0.0800. The van der Waals surface area contributed by atoms with E-state index in [9.17, 15) is 5.11 Å². The summed E-state index contributed by atoms with van der Waals surface area (Å²) in [4.78, 5) is 4.98. The van der Waals surface area contributed by atoms with E-state index in [2.05, 4.69) is 44.4 Å². The third-order valence-electron chi connectivity index (χ3n) is 3.50. The van der Waals surface area contributed by atoms with Gasteiger partial charge in [-0.1, -0.05) is 13.8 Å². The Morgan fingerprint density at radius 3 is 2.38 bits per heavy atom. The van der Waals surface area contributed by atoms with Gasteiger partial charge in [-0.3, -0.25) is 4.90 Å². The molecule has 0 spiro atoms. The Hall–Kier alpha value is -0.120. The number of aliphatic hydroxyl groups is 1. The van der Waals surface area contributed by atoms with Gasteiger partial charge >= 0.3 is 0 Å². The summed E-state index contributed by atoms with van der Waals surface area (Å²) in [6, 6.07) is 0.537. The molecular formula is C13H28N2O. The fraction of sp³-hybridized carbons (Fsp3) is 1.00. The molecule has 1 rings (SSSR count). The van der Waals surface area contributed by atoms with E-state index in [1.807, 2.05) is 0 Å². The standard InChI is InChI=1S/C13H28N2O/c1-11(2)8-14-6-7-15(12(3)9-14)13(4,5)10-16/h11-12,16H,6-10H2,1-5H3. The quantitative estimate of drug-likeness (QED) is 0.788. The van der Waals surface area contributed by atoms with Crippen molar-refractivity contribution in [3.05, 3.63) is 0 Å². The van der Waals surface area contributed by atoms with Crippen LogP contribution in [0.4, 0.5) is 0 Å². The fourth-order valence-electron chi connectivity index (χ4n) is 2.71. The average molecular weight is 228 g/mol. The highest BCUT2D eigenvalue weighted by atomic mass is 16.3. The maximum Gasteiger partial charge on any atom is 0.0610 e. The zero-order valence-electron chi connectivity index (χ0n) is 11.5. The molecule has 3 nitrogen and oxygen atoms in total. The van der Waals surface area contributed by atoms with Crippen molar-refractivity contribution >= 4 is 0 Å². The third kappa shape index (κ3) is 3.44. The normalized spacial score (nSPS) is 25.3. The Morgan fingerprint density at radius 1 is 1.31 bits per heavy atom. The number of rotatable bonds is 4. The Morgan fingerprint density at radius 2 is 1.94 bits per heavy atom. The zero-order chi connectivity index (χ0) is 12.3. The molecule has 1 heterocycles. The first-order valence-electron chi connectivity index (χ1n) is 6.47. The third-order valence-corrected chi connectivity index (χ3v) is 3.50. The van der Waals surface area contributed by atoms with Crippen LogP contribution in [-0.4, -0.2) is 59.3 Å². The maximum absolute atomic E-state index is 9.42. The van der Waals surface area contributed by atoms with Crippen LogP contribution >= 0.6 is 0 Å². The van der Waals surface area contributed by atoms with Gasteiger partial charge in [0.25, 0.3) is 0 Å². The molecule has 1 aliphatic rings. The summed E-state index contributed by atoms with van der Waals surface area (Å²) < 4.78 is 0. The lowest BCUT2D eigenvalue weighted by Crippen LogP contribution is -2.60. The number of hydrogen-bond acceptors (Lipinski definition) is 3. The van der Waals surface area contributed by atoms with Crippen molar-refractivity contribution in [2.75, 3.05) is 32.8 Å². The highest BCUT2D eigenvalue weighted by Gasteiger charge is 2.33. The van der Waals surface area contributed by atoms with Crippen molar-refractivity contribution in [3.8, 4) is 0 Å². The van der Waals surface area contributed by atoms with Crippen LogP contribution in [0, 0.1) is 5.92 Å². The Kier molecular flexibility index (Phi) is 4.77. The molecule has 0 amide bonds. The van der Waals surface area contributed by atoms with Crippen LogP contribution in [0.1, 0.15) is 34.6 Å². The summed E-state index contributed by atoms with van der Waals surface area (Å²) >= 11 is 0. The largest absolute Gasteiger partial charge is 0.394 e. The number of nitrogens with zero attached hydrogens (tertiary/aromatic N) is 2. The summed E-state index contributed by atoms with van der Waals surface area (Å²) in [5, 5.41) is 9.42. The Balaban J connectivity index is 2.52. The lowest BCUT2D eigenvalue weighted by Gasteiger charge is -2.47. The SMILES string of the molecule is CC(C)CN1CCN(C(C)(C)CO)C(C)C1. The second kappa shape index (κ2) is 5.48. The summed E-state index contributed by atoms with van der Waals surface area (Å²) in [6.07, 6.45) is 0. The first-order chi connectivity index (χ1) is 7.36. The molecule has 1 N–H and O–H groups in total. The van der Waals surface area contributed by atoms with Crippen molar-refractivity contribution in [1.29, 1.82) is 0 Å². The minimum atomic E-state index is -0.0800. The van der Waals surface area contributed by atoms with Gasteiger partial charge in [0.1, 0.15) is 0 Å². The molecule has 1 aliphatic heterocycles. The Labute approximate surface area is 100 Å². The molecule has 1 atom stereocenters. The first-order valence-corrected chi connectivity index (χ1v) is 6.47. The van der Waals surface area contributed by atoms with Gasteiger partial charge in [-0.15, -0.1) is 0 Å². The molecule has 0 aliphatic carbocycles. The van der Waals surface area contributed by atoms with Crippen LogP contribution in [0.3, 0.4) is 0 Å². The topological polar surface area (TPSA) is 26.7 Å². The molecule has 1 unspecified atom stereocenters. The van der Waals surface area contributed by atoms with E-state index in [4.69, 9.17) is 0 Å². The van der Waals surface area contributed by atoms with Crippen LogP contribution in [0.25, 0.3) is 0 Å². The molecule has 1 fully saturated rings. The highest BCUT2D eigenvalue weighted by molar-refractivity contribution is 4.89. The van der Waals surface area contributed by atoms with E-state index in [0.717, 1.165) is 25.6 Å². The lowest BCUT2D eigenvalue weighted by molar-refractivity contribution is -0.0201. The van der Waals surface area contributed by atoms with E-state index >= 15 is 0 Å². The highest BCUT2D eigenvalue weighted by Crippen LogP contribution is 2.21. The van der Waals surface area contributed by atoms with Gasteiger partial charge in [0.2, 0.25) is 0 Å². The van der Waals surface area contributed by atoms with E-state index < -0.39 is 0 Å². The van der Waals surface area contributed by atoms with E-state index in [-0.39, 0.29) is 12.1 Å². The summed E-state index contributed by atoms with van der Waals surface area (Å²) in [6.45, 7) is 15.8. The second-order valence-electron chi connectivity index (χ2n) is 6.17. The maximum atomic E-state index is 9.42. The smallest absolute Gasteiger partial charge is 0.0610 e. The molecule has 0 aromatic heterocycles. The summed E-state index contributed by atoms with van der Waals surface area (Å²) in [5.74, 6) is 0.740. The predicted molar refractivity (Wildman–Crippen MR) is 68.6 cm³/mol. The van der Waals surface area contributed by atoms with E-state index in [1.54, 1.807) is 0 Å². The fourth-order valence-corrected chi connectivity index (χ4v) is 2.71. The van der Waals surface area contributed by atoms with E-state index in [0.29, 0.717) is 6.04 Å². The van der Waals surface area contributed by atoms with Crippen LogP contribution in [0.15, 0.2) is 0 Å². The summed E-state index contributed by atoms with van der Waals surface area (Å²) in [7, 11) is 0. The van der Waals surface area contributed by atoms with Crippen molar-refractivity contribution in [3.63, 3.8) is 0 Å². The molecule has 0 aromatic rings. The monoisotopic (exact) mass is 228 g/mol. The molecule has 0 aromatic carbocycles. The van der Waals surface area contributed by atoms with Crippen LogP contribution in [0.5, 0.6) is 0 Å². The van der Waals surface area contributed by atoms with Gasteiger partial charge in [0, 0.05) is 37.8 Å². The van der Waals surface area contributed by atoms with Crippen LogP contribution in [0.2, 0.25) is 0 Å². The average Bonchev–Trinajstić information content (AvgIpc) is 2.16. The van der Waals surface area contributed by atoms with Crippen molar-refractivity contribution in [2.24, 2.45) is 5.92 Å². The Bertz CT molecular complexity index is 216. The van der Waals surface area contributed by atoms with Gasteiger partial charge in [-0.05, 0) is 26.7 Å². The molecule has 0 bridgehead atoms. The second-order valence-corrected chi connectivity index (χ2v) is 6.17. The molecule has 0 saturated carbocycles. The van der Waals surface area contributed by atoms with Gasteiger partial charge in [0.05, 0.1) is 6.61 Å². The first kappa shape index (κ1) is 13.9.